The Balaban J connectivity index is 1.66. The quantitative estimate of drug-likeness (QED) is 0.618. The molecule has 1 amide bonds. The predicted molar refractivity (Wildman–Crippen MR) is 124 cm³/mol. The van der Waals surface area contributed by atoms with E-state index in [1.807, 2.05) is 49.4 Å². The molecule has 0 radical (unpaired) electrons. The number of carboxylic acid groups (broad SMARTS) is 1. The molecule has 7 heteroatoms. The second-order valence-electron chi connectivity index (χ2n) is 8.31. The van der Waals surface area contributed by atoms with Crippen molar-refractivity contribution in [1.29, 1.82) is 0 Å². The van der Waals surface area contributed by atoms with Gasteiger partial charge in [0.1, 0.15) is 0 Å². The number of aryl methyl sites for hydroxylation is 1. The van der Waals surface area contributed by atoms with Gasteiger partial charge in [-0.15, -0.1) is 0 Å². The summed E-state index contributed by atoms with van der Waals surface area (Å²) in [6, 6.07) is 13.4. The lowest BCUT2D eigenvalue weighted by molar-refractivity contribution is -0.144. The van der Waals surface area contributed by atoms with Gasteiger partial charge in [0.25, 0.3) is 0 Å². The third-order valence-corrected chi connectivity index (χ3v) is 6.63. The van der Waals surface area contributed by atoms with E-state index in [4.69, 9.17) is 23.2 Å². The molecule has 2 aromatic rings. The molecule has 166 valence electrons. The van der Waals surface area contributed by atoms with Crippen LogP contribution in [0, 0.1) is 12.8 Å². The monoisotopic (exact) mass is 462 g/mol. The summed E-state index contributed by atoms with van der Waals surface area (Å²) in [6.45, 7) is 4.14. The van der Waals surface area contributed by atoms with E-state index < -0.39 is 11.9 Å². The average Bonchev–Trinajstić information content (AvgIpc) is 3.18. The number of nitrogens with zero attached hydrogens (tertiary/aromatic N) is 2. The maximum Gasteiger partial charge on any atom is 0.304 e. The highest BCUT2D eigenvalue weighted by Gasteiger charge is 2.33. The van der Waals surface area contributed by atoms with Crippen molar-refractivity contribution in [3.63, 3.8) is 0 Å². The standard InChI is InChI=1S/C24H28Cl2N2O3/c1-16-5-3-6-17(11-16)12-18(13-23(29)30)24(31)27(2)19-9-10-28(14-19)15-20-21(25)7-4-8-22(20)26/h3-8,11,18-19H,9-10,12-15H2,1-2H3,(H,29,30). The van der Waals surface area contributed by atoms with Crippen LogP contribution in [0.5, 0.6) is 0 Å². The lowest BCUT2D eigenvalue weighted by Gasteiger charge is -2.29. The molecule has 0 bridgehead atoms. The van der Waals surface area contributed by atoms with Crippen molar-refractivity contribution < 1.29 is 14.7 Å². The third kappa shape index (κ3) is 6.22. The number of hydrogen-bond acceptors (Lipinski definition) is 3. The van der Waals surface area contributed by atoms with Crippen molar-refractivity contribution in [3.8, 4) is 0 Å². The van der Waals surface area contributed by atoms with E-state index in [0.717, 1.165) is 29.7 Å². The van der Waals surface area contributed by atoms with Crippen LogP contribution in [0.15, 0.2) is 42.5 Å². The van der Waals surface area contributed by atoms with Gasteiger partial charge in [0, 0.05) is 48.3 Å². The van der Waals surface area contributed by atoms with Gasteiger partial charge in [0.2, 0.25) is 5.91 Å². The Morgan fingerprint density at radius 3 is 2.52 bits per heavy atom. The normalized spacial score (nSPS) is 17.5. The zero-order valence-corrected chi connectivity index (χ0v) is 19.4. The van der Waals surface area contributed by atoms with E-state index in [-0.39, 0.29) is 18.4 Å². The minimum absolute atomic E-state index is 0.0302. The molecule has 1 saturated heterocycles. The summed E-state index contributed by atoms with van der Waals surface area (Å²) in [6.07, 6.45) is 1.07. The van der Waals surface area contributed by atoms with Crippen molar-refractivity contribution in [1.82, 2.24) is 9.80 Å². The summed E-state index contributed by atoms with van der Waals surface area (Å²) in [5.41, 5.74) is 2.97. The molecule has 2 atom stereocenters. The first kappa shape index (κ1) is 23.6. The van der Waals surface area contributed by atoms with E-state index in [1.165, 1.54) is 0 Å². The number of hydrogen-bond donors (Lipinski definition) is 1. The number of likely N-dealkylation sites (N-methyl/N-ethyl adjacent to an activating group) is 1. The average molecular weight is 463 g/mol. The van der Waals surface area contributed by atoms with E-state index >= 15 is 0 Å². The van der Waals surface area contributed by atoms with Crippen LogP contribution >= 0.6 is 23.2 Å². The highest BCUT2D eigenvalue weighted by molar-refractivity contribution is 6.35. The lowest BCUT2D eigenvalue weighted by Crippen LogP contribution is -2.43. The predicted octanol–water partition coefficient (Wildman–Crippen LogP) is 4.67. The van der Waals surface area contributed by atoms with Crippen LogP contribution in [0.4, 0.5) is 0 Å². The van der Waals surface area contributed by atoms with Crippen LogP contribution in [0.25, 0.3) is 0 Å². The summed E-state index contributed by atoms with van der Waals surface area (Å²) in [7, 11) is 1.78. The van der Waals surface area contributed by atoms with Crippen LogP contribution in [0.3, 0.4) is 0 Å². The molecule has 1 fully saturated rings. The number of likely N-dealkylation sites (tertiary alicyclic amines) is 1. The fraction of sp³-hybridized carbons (Fsp3) is 0.417. The number of aliphatic carboxylic acids is 1. The van der Waals surface area contributed by atoms with Gasteiger partial charge >= 0.3 is 5.97 Å². The zero-order chi connectivity index (χ0) is 22.5. The molecular formula is C24H28Cl2N2O3. The fourth-order valence-electron chi connectivity index (χ4n) is 4.23. The molecule has 1 aliphatic heterocycles. The number of carboxylic acids is 1. The minimum atomic E-state index is -0.958. The summed E-state index contributed by atoms with van der Waals surface area (Å²) in [5.74, 6) is -1.66. The van der Waals surface area contributed by atoms with Crippen molar-refractivity contribution >= 4 is 35.1 Å². The summed E-state index contributed by atoms with van der Waals surface area (Å²) < 4.78 is 0. The SMILES string of the molecule is Cc1cccc(CC(CC(=O)O)C(=O)N(C)C2CCN(Cc3c(Cl)cccc3Cl)C2)c1. The van der Waals surface area contributed by atoms with Gasteiger partial charge in [0.15, 0.2) is 0 Å². The second kappa shape index (κ2) is 10.5. The third-order valence-electron chi connectivity index (χ3n) is 5.92. The highest BCUT2D eigenvalue weighted by Crippen LogP contribution is 2.28. The van der Waals surface area contributed by atoms with Crippen LogP contribution in [0.1, 0.15) is 29.5 Å². The molecule has 2 unspecified atom stereocenters. The zero-order valence-electron chi connectivity index (χ0n) is 17.9. The smallest absolute Gasteiger partial charge is 0.304 e. The number of amides is 1. The topological polar surface area (TPSA) is 60.9 Å². The molecule has 0 spiro atoms. The van der Waals surface area contributed by atoms with Crippen molar-refractivity contribution in [2.75, 3.05) is 20.1 Å². The van der Waals surface area contributed by atoms with Gasteiger partial charge in [-0.05, 0) is 37.5 Å². The van der Waals surface area contributed by atoms with Crippen molar-refractivity contribution in [2.24, 2.45) is 5.92 Å². The molecule has 3 rings (SSSR count). The molecule has 0 saturated carbocycles. The number of carbonyl (C=O) groups excluding carboxylic acids is 1. The Bertz CT molecular complexity index is 930. The fourth-order valence-corrected chi connectivity index (χ4v) is 4.75. The first-order valence-corrected chi connectivity index (χ1v) is 11.2. The van der Waals surface area contributed by atoms with E-state index in [9.17, 15) is 14.7 Å². The first-order valence-electron chi connectivity index (χ1n) is 10.4. The van der Waals surface area contributed by atoms with E-state index in [0.29, 0.717) is 29.6 Å². The van der Waals surface area contributed by atoms with Gasteiger partial charge in [-0.25, -0.2) is 0 Å². The number of halogens is 2. The molecule has 1 aliphatic rings. The molecule has 0 aliphatic carbocycles. The summed E-state index contributed by atoms with van der Waals surface area (Å²) in [4.78, 5) is 28.6. The molecule has 5 nitrogen and oxygen atoms in total. The van der Waals surface area contributed by atoms with Crippen LogP contribution in [-0.4, -0.2) is 53.0 Å². The summed E-state index contributed by atoms with van der Waals surface area (Å²) >= 11 is 12.6. The maximum absolute atomic E-state index is 13.2. The Morgan fingerprint density at radius 1 is 1.19 bits per heavy atom. The molecule has 1 N–H and O–H groups in total. The van der Waals surface area contributed by atoms with Crippen LogP contribution in [0.2, 0.25) is 10.0 Å². The van der Waals surface area contributed by atoms with Gasteiger partial charge in [0.05, 0.1) is 12.3 Å². The number of benzene rings is 2. The second-order valence-corrected chi connectivity index (χ2v) is 9.13. The maximum atomic E-state index is 13.2. The minimum Gasteiger partial charge on any atom is -0.481 e. The first-order chi connectivity index (χ1) is 14.7. The summed E-state index contributed by atoms with van der Waals surface area (Å²) in [5, 5.41) is 10.6. The Labute approximate surface area is 193 Å². The highest BCUT2D eigenvalue weighted by atomic mass is 35.5. The molecule has 1 heterocycles. The van der Waals surface area contributed by atoms with Gasteiger partial charge < -0.3 is 10.0 Å². The van der Waals surface area contributed by atoms with Gasteiger partial charge in [-0.3, -0.25) is 14.5 Å². The number of rotatable bonds is 8. The molecular weight excluding hydrogens is 435 g/mol. The van der Waals surface area contributed by atoms with Gasteiger partial charge in [-0.2, -0.15) is 0 Å². The van der Waals surface area contributed by atoms with Crippen molar-refractivity contribution in [3.05, 3.63) is 69.2 Å². The van der Waals surface area contributed by atoms with Crippen LogP contribution in [-0.2, 0) is 22.6 Å². The Kier molecular flexibility index (Phi) is 7.98. The molecule has 31 heavy (non-hydrogen) atoms. The molecule has 0 aromatic heterocycles. The molecule has 2 aromatic carbocycles. The van der Waals surface area contributed by atoms with E-state index in [1.54, 1.807) is 11.9 Å². The van der Waals surface area contributed by atoms with Crippen molar-refractivity contribution in [2.45, 2.75) is 38.8 Å². The largest absolute Gasteiger partial charge is 0.481 e. The van der Waals surface area contributed by atoms with Crippen LogP contribution < -0.4 is 0 Å². The number of carbonyl (C=O) groups is 2. The van der Waals surface area contributed by atoms with E-state index in [2.05, 4.69) is 4.90 Å². The van der Waals surface area contributed by atoms with Gasteiger partial charge in [-0.1, -0.05) is 59.1 Å². The lowest BCUT2D eigenvalue weighted by atomic mass is 9.93. The Morgan fingerprint density at radius 2 is 1.87 bits per heavy atom. The Hall–Kier alpha value is -2.08.